The first-order valence-electron chi connectivity index (χ1n) is 5.04. The van der Waals surface area contributed by atoms with Crippen LogP contribution in [0.15, 0.2) is 35.1 Å². The highest BCUT2D eigenvalue weighted by Gasteiger charge is 2.10. The quantitative estimate of drug-likeness (QED) is 0.869. The van der Waals surface area contributed by atoms with Crippen molar-refractivity contribution in [2.24, 2.45) is 0 Å². The monoisotopic (exact) mass is 316 g/mol. The summed E-state index contributed by atoms with van der Waals surface area (Å²) in [5.41, 5.74) is 1.00. The Bertz CT molecular complexity index is 552. The van der Waals surface area contributed by atoms with E-state index in [9.17, 15) is 13.2 Å². The van der Waals surface area contributed by atoms with Crippen molar-refractivity contribution < 1.29 is 13.2 Å². The Morgan fingerprint density at radius 1 is 1.06 bits per heavy atom. The van der Waals surface area contributed by atoms with Gasteiger partial charge in [-0.2, -0.15) is 0 Å². The highest BCUT2D eigenvalue weighted by Crippen LogP contribution is 2.18. The van der Waals surface area contributed by atoms with Crippen LogP contribution in [0, 0.1) is 17.5 Å². The third-order valence-electron chi connectivity index (χ3n) is 2.24. The zero-order valence-corrected chi connectivity index (χ0v) is 10.6. The van der Waals surface area contributed by atoms with Crippen molar-refractivity contribution >= 4 is 21.6 Å². The lowest BCUT2D eigenvalue weighted by molar-refractivity contribution is 0.447. The van der Waals surface area contributed by atoms with Crippen LogP contribution in [-0.2, 0) is 6.54 Å². The van der Waals surface area contributed by atoms with Gasteiger partial charge in [-0.05, 0) is 27.6 Å². The fourth-order valence-electron chi connectivity index (χ4n) is 1.41. The molecule has 0 aliphatic carbocycles. The predicted octanol–water partition coefficient (Wildman–Crippen LogP) is 3.87. The van der Waals surface area contributed by atoms with Gasteiger partial charge in [0.2, 0.25) is 0 Å². The number of pyridine rings is 1. The van der Waals surface area contributed by atoms with E-state index >= 15 is 0 Å². The van der Waals surface area contributed by atoms with Gasteiger partial charge in [0.25, 0.3) is 0 Å². The Morgan fingerprint density at radius 3 is 2.33 bits per heavy atom. The molecule has 94 valence electrons. The molecule has 0 saturated carbocycles. The van der Waals surface area contributed by atoms with Crippen LogP contribution >= 0.6 is 15.9 Å². The molecule has 0 bridgehead atoms. The normalized spacial score (nSPS) is 10.4. The number of hydrogen-bond donors (Lipinski definition) is 1. The summed E-state index contributed by atoms with van der Waals surface area (Å²) in [5, 5.41) is 2.79. The molecule has 0 saturated heterocycles. The van der Waals surface area contributed by atoms with Crippen LogP contribution < -0.4 is 5.32 Å². The Morgan fingerprint density at radius 2 is 1.72 bits per heavy atom. The third-order valence-corrected chi connectivity index (χ3v) is 2.68. The Hall–Kier alpha value is -1.56. The van der Waals surface area contributed by atoms with Crippen LogP contribution in [0.3, 0.4) is 0 Å². The van der Waals surface area contributed by atoms with E-state index in [1.165, 1.54) is 0 Å². The summed E-state index contributed by atoms with van der Waals surface area (Å²) in [6.07, 6.45) is 3.24. The highest BCUT2D eigenvalue weighted by atomic mass is 79.9. The number of benzene rings is 1. The number of halogens is 4. The molecule has 0 unspecified atom stereocenters. The van der Waals surface area contributed by atoms with Gasteiger partial charge in [0.1, 0.15) is 0 Å². The maximum atomic E-state index is 13.0. The van der Waals surface area contributed by atoms with Crippen molar-refractivity contribution in [2.75, 3.05) is 5.32 Å². The molecule has 0 radical (unpaired) electrons. The largest absolute Gasteiger partial charge is 0.381 e. The molecular formula is C12H8BrF3N2. The van der Waals surface area contributed by atoms with Gasteiger partial charge in [-0.1, -0.05) is 0 Å². The van der Waals surface area contributed by atoms with Gasteiger partial charge in [0.15, 0.2) is 17.5 Å². The van der Waals surface area contributed by atoms with E-state index in [2.05, 4.69) is 26.2 Å². The highest BCUT2D eigenvalue weighted by molar-refractivity contribution is 9.10. The van der Waals surface area contributed by atoms with Crippen molar-refractivity contribution in [3.63, 3.8) is 0 Å². The molecule has 0 amide bonds. The van der Waals surface area contributed by atoms with E-state index in [-0.39, 0.29) is 5.69 Å². The molecule has 1 N–H and O–H groups in total. The van der Waals surface area contributed by atoms with E-state index in [0.29, 0.717) is 6.54 Å². The molecule has 0 aliphatic rings. The molecule has 2 rings (SSSR count). The average molecular weight is 317 g/mol. The van der Waals surface area contributed by atoms with E-state index < -0.39 is 17.5 Å². The first-order valence-corrected chi connectivity index (χ1v) is 5.83. The minimum Gasteiger partial charge on any atom is -0.381 e. The van der Waals surface area contributed by atoms with E-state index in [4.69, 9.17) is 0 Å². The van der Waals surface area contributed by atoms with Crippen molar-refractivity contribution in [1.29, 1.82) is 0 Å². The van der Waals surface area contributed by atoms with Crippen LogP contribution in [0.1, 0.15) is 5.56 Å². The van der Waals surface area contributed by atoms with Crippen molar-refractivity contribution in [1.82, 2.24) is 4.98 Å². The van der Waals surface area contributed by atoms with Crippen molar-refractivity contribution in [3.05, 3.63) is 58.1 Å². The molecule has 1 aromatic carbocycles. The molecule has 2 aromatic rings. The minimum absolute atomic E-state index is 0.173. The topological polar surface area (TPSA) is 24.9 Å². The summed E-state index contributed by atoms with van der Waals surface area (Å²) in [6.45, 7) is 0.330. The summed E-state index contributed by atoms with van der Waals surface area (Å²) in [4.78, 5) is 3.95. The summed E-state index contributed by atoms with van der Waals surface area (Å²) in [5.74, 6) is -3.90. The van der Waals surface area contributed by atoms with Crippen molar-refractivity contribution in [3.8, 4) is 0 Å². The molecular weight excluding hydrogens is 309 g/mol. The number of nitrogens with one attached hydrogen (secondary N) is 1. The number of aromatic nitrogens is 1. The zero-order chi connectivity index (χ0) is 13.1. The van der Waals surface area contributed by atoms with Gasteiger partial charge in [0.05, 0.1) is 0 Å². The Labute approximate surface area is 110 Å². The molecule has 2 nitrogen and oxygen atoms in total. The summed E-state index contributed by atoms with van der Waals surface area (Å²) in [7, 11) is 0. The smallest absolute Gasteiger partial charge is 0.194 e. The third kappa shape index (κ3) is 3.01. The second-order valence-corrected chi connectivity index (χ2v) is 4.53. The van der Waals surface area contributed by atoms with Gasteiger partial charge >= 0.3 is 0 Å². The fourth-order valence-corrected chi connectivity index (χ4v) is 1.83. The number of hydrogen-bond acceptors (Lipinski definition) is 2. The zero-order valence-electron chi connectivity index (χ0n) is 9.05. The van der Waals surface area contributed by atoms with Crippen LogP contribution in [0.25, 0.3) is 0 Å². The lowest BCUT2D eigenvalue weighted by atomic mass is 10.2. The molecule has 1 aromatic heterocycles. The molecule has 1 heterocycles. The summed E-state index contributed by atoms with van der Waals surface area (Å²) < 4.78 is 39.4. The lowest BCUT2D eigenvalue weighted by Gasteiger charge is -2.07. The lowest BCUT2D eigenvalue weighted by Crippen LogP contribution is -2.02. The van der Waals surface area contributed by atoms with Gasteiger partial charge in [0, 0.05) is 41.2 Å². The Kier molecular flexibility index (Phi) is 3.86. The van der Waals surface area contributed by atoms with Crippen LogP contribution in [-0.4, -0.2) is 4.98 Å². The maximum Gasteiger partial charge on any atom is 0.194 e. The first-order chi connectivity index (χ1) is 8.56. The average Bonchev–Trinajstić information content (AvgIpc) is 2.33. The molecule has 0 fully saturated rings. The maximum absolute atomic E-state index is 13.0. The van der Waals surface area contributed by atoms with Crippen LogP contribution in [0.4, 0.5) is 18.9 Å². The van der Waals surface area contributed by atoms with Crippen molar-refractivity contribution in [2.45, 2.75) is 6.54 Å². The van der Waals surface area contributed by atoms with Gasteiger partial charge in [-0.25, -0.2) is 13.2 Å². The summed E-state index contributed by atoms with van der Waals surface area (Å²) in [6, 6.07) is 3.63. The number of anilines is 1. The number of rotatable bonds is 3. The van der Waals surface area contributed by atoms with Crippen LogP contribution in [0.2, 0.25) is 0 Å². The van der Waals surface area contributed by atoms with Gasteiger partial charge in [-0.3, -0.25) is 4.98 Å². The fraction of sp³-hybridized carbons (Fsp3) is 0.0833. The minimum atomic E-state index is -1.47. The molecule has 0 atom stereocenters. The number of nitrogens with zero attached hydrogens (tertiary/aromatic N) is 1. The molecule has 6 heteroatoms. The van der Waals surface area contributed by atoms with E-state index in [1.54, 1.807) is 12.4 Å². The predicted molar refractivity (Wildman–Crippen MR) is 65.6 cm³/mol. The van der Waals surface area contributed by atoms with E-state index in [0.717, 1.165) is 22.2 Å². The van der Waals surface area contributed by atoms with Crippen LogP contribution in [0.5, 0.6) is 0 Å². The standard InChI is InChI=1S/C12H8BrF3N2/c13-8-1-7(4-17-6-8)5-18-9-2-10(14)12(16)11(15)3-9/h1-4,6,18H,5H2. The Balaban J connectivity index is 2.11. The SMILES string of the molecule is Fc1cc(NCc2cncc(Br)c2)cc(F)c1F. The molecule has 0 aliphatic heterocycles. The summed E-state index contributed by atoms with van der Waals surface area (Å²) >= 11 is 3.26. The van der Waals surface area contributed by atoms with E-state index in [1.807, 2.05) is 6.07 Å². The molecule has 0 spiro atoms. The van der Waals surface area contributed by atoms with Gasteiger partial charge in [-0.15, -0.1) is 0 Å². The first kappa shape index (κ1) is 12.9. The second kappa shape index (κ2) is 5.39. The second-order valence-electron chi connectivity index (χ2n) is 3.62. The van der Waals surface area contributed by atoms with Gasteiger partial charge < -0.3 is 5.32 Å². The molecule has 18 heavy (non-hydrogen) atoms.